The number of nitrogens with zero attached hydrogens (tertiary/aromatic N) is 2. The molecule has 74 valence electrons. The van der Waals surface area contributed by atoms with E-state index < -0.39 is 0 Å². The molecule has 1 heterocycles. The fourth-order valence-corrected chi connectivity index (χ4v) is 1.56. The number of H-pyrrole nitrogens is 1. The van der Waals surface area contributed by atoms with Gasteiger partial charge in [-0.25, -0.2) is 0 Å². The largest absolute Gasteiger partial charge is 0.492 e. The average Bonchev–Trinajstić information content (AvgIpc) is 2.65. The zero-order valence-electron chi connectivity index (χ0n) is 8.16. The Hall–Kier alpha value is -1.78. The van der Waals surface area contributed by atoms with E-state index >= 15 is 0 Å². The molecule has 0 aliphatic heterocycles. The molecule has 2 rings (SSSR count). The van der Waals surface area contributed by atoms with Gasteiger partial charge in [0, 0.05) is 0 Å². The second-order valence-electron chi connectivity index (χ2n) is 3.03. The van der Waals surface area contributed by atoms with E-state index in [9.17, 15) is 0 Å². The number of aromatic nitrogens is 3. The summed E-state index contributed by atoms with van der Waals surface area (Å²) in [6.07, 6.45) is 0.872. The fourth-order valence-electron chi connectivity index (χ4n) is 1.56. The molecule has 0 bridgehead atoms. The van der Waals surface area contributed by atoms with Gasteiger partial charge in [-0.3, -0.25) is 0 Å². The van der Waals surface area contributed by atoms with Gasteiger partial charge in [-0.05, 0) is 18.1 Å². The van der Waals surface area contributed by atoms with Crippen molar-refractivity contribution in [3.05, 3.63) is 11.6 Å². The minimum absolute atomic E-state index is 0.589. The van der Waals surface area contributed by atoms with E-state index in [1.807, 2.05) is 6.07 Å². The van der Waals surface area contributed by atoms with Gasteiger partial charge in [-0.1, -0.05) is 6.92 Å². The highest BCUT2D eigenvalue weighted by Crippen LogP contribution is 2.31. The number of anilines is 1. The van der Waals surface area contributed by atoms with Gasteiger partial charge in [-0.15, -0.1) is 0 Å². The van der Waals surface area contributed by atoms with Gasteiger partial charge in [-0.2, -0.15) is 15.4 Å². The lowest BCUT2D eigenvalue weighted by atomic mass is 10.1. The number of fused-ring (bicyclic) bond motifs is 1. The van der Waals surface area contributed by atoms with Gasteiger partial charge in [0.1, 0.15) is 5.52 Å². The molecule has 14 heavy (non-hydrogen) atoms. The van der Waals surface area contributed by atoms with Crippen LogP contribution in [0, 0.1) is 0 Å². The second-order valence-corrected chi connectivity index (χ2v) is 3.03. The predicted octanol–water partition coefficient (Wildman–Crippen LogP) is 1.11. The maximum Gasteiger partial charge on any atom is 0.171 e. The lowest BCUT2D eigenvalue weighted by molar-refractivity contribution is 0.421. The molecule has 0 saturated carbocycles. The van der Waals surface area contributed by atoms with E-state index in [0.717, 1.165) is 17.5 Å². The number of aryl methyl sites for hydroxylation is 1. The summed E-state index contributed by atoms with van der Waals surface area (Å²) in [5.74, 6) is 0.589. The predicted molar refractivity (Wildman–Crippen MR) is 54.2 cm³/mol. The maximum atomic E-state index is 5.83. The SMILES string of the molecule is CCc1cc(N)c(OC)c2n[nH]nc12. The number of nitrogen functional groups attached to an aromatic ring is 1. The van der Waals surface area contributed by atoms with E-state index in [1.54, 1.807) is 7.11 Å². The molecule has 0 aliphatic rings. The Kier molecular flexibility index (Phi) is 1.99. The summed E-state index contributed by atoms with van der Waals surface area (Å²) in [5.41, 5.74) is 9.04. The Labute approximate surface area is 81.2 Å². The first-order valence-corrected chi connectivity index (χ1v) is 4.43. The van der Waals surface area contributed by atoms with E-state index in [0.29, 0.717) is 17.0 Å². The van der Waals surface area contributed by atoms with E-state index in [1.165, 1.54) is 0 Å². The Morgan fingerprint density at radius 3 is 2.79 bits per heavy atom. The quantitative estimate of drug-likeness (QED) is 0.699. The lowest BCUT2D eigenvalue weighted by Gasteiger charge is -2.06. The molecule has 1 aromatic heterocycles. The molecule has 0 saturated heterocycles. The van der Waals surface area contributed by atoms with Crippen molar-refractivity contribution in [2.45, 2.75) is 13.3 Å². The number of ether oxygens (including phenoxy) is 1. The molecular weight excluding hydrogens is 180 g/mol. The summed E-state index contributed by atoms with van der Waals surface area (Å²) in [6.45, 7) is 2.05. The zero-order chi connectivity index (χ0) is 10.1. The third kappa shape index (κ3) is 1.09. The van der Waals surface area contributed by atoms with Crippen LogP contribution in [0.25, 0.3) is 11.0 Å². The monoisotopic (exact) mass is 192 g/mol. The zero-order valence-corrected chi connectivity index (χ0v) is 8.16. The van der Waals surface area contributed by atoms with Crippen molar-refractivity contribution in [1.82, 2.24) is 15.4 Å². The van der Waals surface area contributed by atoms with Crippen LogP contribution in [0.4, 0.5) is 5.69 Å². The van der Waals surface area contributed by atoms with Crippen molar-refractivity contribution in [2.75, 3.05) is 12.8 Å². The molecule has 3 N–H and O–H groups in total. The van der Waals surface area contributed by atoms with Crippen LogP contribution < -0.4 is 10.5 Å². The minimum Gasteiger partial charge on any atom is -0.492 e. The van der Waals surface area contributed by atoms with Gasteiger partial charge >= 0.3 is 0 Å². The van der Waals surface area contributed by atoms with Crippen LogP contribution in [0.3, 0.4) is 0 Å². The Morgan fingerprint density at radius 1 is 1.43 bits per heavy atom. The molecule has 5 heteroatoms. The third-order valence-electron chi connectivity index (χ3n) is 2.24. The molecule has 1 aromatic carbocycles. The van der Waals surface area contributed by atoms with Crippen LogP contribution in [-0.4, -0.2) is 22.5 Å². The first kappa shape index (κ1) is 8.80. The van der Waals surface area contributed by atoms with Crippen molar-refractivity contribution in [3.63, 3.8) is 0 Å². The van der Waals surface area contributed by atoms with Crippen LogP contribution in [-0.2, 0) is 6.42 Å². The van der Waals surface area contributed by atoms with Crippen molar-refractivity contribution in [2.24, 2.45) is 0 Å². The van der Waals surface area contributed by atoms with Gasteiger partial charge in [0.15, 0.2) is 11.3 Å². The summed E-state index contributed by atoms with van der Waals surface area (Å²) >= 11 is 0. The summed E-state index contributed by atoms with van der Waals surface area (Å²) in [4.78, 5) is 0. The van der Waals surface area contributed by atoms with Gasteiger partial charge < -0.3 is 10.5 Å². The highest BCUT2D eigenvalue weighted by atomic mass is 16.5. The molecule has 0 amide bonds. The summed E-state index contributed by atoms with van der Waals surface area (Å²) in [5, 5.41) is 10.7. The first-order valence-electron chi connectivity index (χ1n) is 4.43. The van der Waals surface area contributed by atoms with Crippen molar-refractivity contribution >= 4 is 16.7 Å². The molecule has 0 spiro atoms. The molecule has 0 unspecified atom stereocenters. The van der Waals surface area contributed by atoms with Crippen LogP contribution in [0.5, 0.6) is 5.75 Å². The number of nitrogens with one attached hydrogen (secondary N) is 1. The molecule has 0 radical (unpaired) electrons. The highest BCUT2D eigenvalue weighted by molar-refractivity contribution is 5.89. The second kappa shape index (κ2) is 3.17. The summed E-state index contributed by atoms with van der Waals surface area (Å²) < 4.78 is 5.17. The number of methoxy groups -OCH3 is 1. The number of rotatable bonds is 2. The molecule has 2 aromatic rings. The van der Waals surface area contributed by atoms with Gasteiger partial charge in [0.25, 0.3) is 0 Å². The third-order valence-corrected chi connectivity index (χ3v) is 2.24. The standard InChI is InChI=1S/C9H12N4O/c1-3-5-4-6(10)9(14-2)8-7(5)11-13-12-8/h4H,3,10H2,1-2H3,(H,11,12,13). The van der Waals surface area contributed by atoms with Gasteiger partial charge in [0.2, 0.25) is 0 Å². The minimum atomic E-state index is 0.589. The van der Waals surface area contributed by atoms with E-state index in [-0.39, 0.29) is 0 Å². The topological polar surface area (TPSA) is 76.8 Å². The number of nitrogens with two attached hydrogens (primary N) is 1. The Morgan fingerprint density at radius 2 is 2.14 bits per heavy atom. The van der Waals surface area contributed by atoms with Crippen LogP contribution in [0.2, 0.25) is 0 Å². The van der Waals surface area contributed by atoms with Crippen LogP contribution in [0.15, 0.2) is 6.07 Å². The number of aromatic amines is 1. The van der Waals surface area contributed by atoms with E-state index in [2.05, 4.69) is 22.3 Å². The summed E-state index contributed by atoms with van der Waals surface area (Å²) in [6, 6.07) is 1.88. The number of benzene rings is 1. The van der Waals surface area contributed by atoms with Crippen molar-refractivity contribution in [3.8, 4) is 5.75 Å². The number of hydrogen-bond donors (Lipinski definition) is 2. The Balaban J connectivity index is 2.81. The van der Waals surface area contributed by atoms with Gasteiger partial charge in [0.05, 0.1) is 12.8 Å². The van der Waals surface area contributed by atoms with Crippen molar-refractivity contribution in [1.29, 1.82) is 0 Å². The van der Waals surface area contributed by atoms with Crippen LogP contribution >= 0.6 is 0 Å². The molecule has 5 nitrogen and oxygen atoms in total. The summed E-state index contributed by atoms with van der Waals surface area (Å²) in [7, 11) is 1.57. The molecule has 0 atom stereocenters. The van der Waals surface area contributed by atoms with E-state index in [4.69, 9.17) is 10.5 Å². The fraction of sp³-hybridized carbons (Fsp3) is 0.333. The normalized spacial score (nSPS) is 10.7. The molecule has 0 fully saturated rings. The number of hydrogen-bond acceptors (Lipinski definition) is 4. The van der Waals surface area contributed by atoms with Crippen molar-refractivity contribution < 1.29 is 4.74 Å². The van der Waals surface area contributed by atoms with Crippen LogP contribution in [0.1, 0.15) is 12.5 Å². The molecule has 0 aliphatic carbocycles. The maximum absolute atomic E-state index is 5.83. The highest BCUT2D eigenvalue weighted by Gasteiger charge is 2.13. The average molecular weight is 192 g/mol. The lowest BCUT2D eigenvalue weighted by Crippen LogP contribution is -1.96. The first-order chi connectivity index (χ1) is 6.77. The molecular formula is C9H12N4O. The smallest absolute Gasteiger partial charge is 0.171 e. The Bertz CT molecular complexity index is 463.